The Hall–Kier alpha value is -1.20. The number of aromatic nitrogens is 3. The van der Waals surface area contributed by atoms with Gasteiger partial charge in [0.05, 0.1) is 6.04 Å². The predicted molar refractivity (Wildman–Crippen MR) is 84.7 cm³/mol. The third-order valence-corrected chi connectivity index (χ3v) is 3.88. The van der Waals surface area contributed by atoms with Crippen molar-refractivity contribution in [3.63, 3.8) is 0 Å². The van der Waals surface area contributed by atoms with Crippen LogP contribution in [0.25, 0.3) is 0 Å². The number of aryl methyl sites for hydroxylation is 2. The Morgan fingerprint density at radius 3 is 2.35 bits per heavy atom. The van der Waals surface area contributed by atoms with Crippen molar-refractivity contribution in [3.05, 3.63) is 46.0 Å². The quantitative estimate of drug-likeness (QED) is 0.912. The first kappa shape index (κ1) is 15.2. The van der Waals surface area contributed by atoms with Gasteiger partial charge in [0.2, 0.25) is 0 Å². The summed E-state index contributed by atoms with van der Waals surface area (Å²) < 4.78 is 3.06. The van der Waals surface area contributed by atoms with E-state index in [0.29, 0.717) is 0 Å². The summed E-state index contributed by atoms with van der Waals surface area (Å²) in [4.78, 5) is 4.58. The fourth-order valence-electron chi connectivity index (χ4n) is 2.35. The number of nitrogens with two attached hydrogens (primary N) is 1. The van der Waals surface area contributed by atoms with E-state index in [4.69, 9.17) is 5.73 Å². The molecule has 0 saturated carbocycles. The Labute approximate surface area is 128 Å². The van der Waals surface area contributed by atoms with E-state index in [1.807, 2.05) is 23.7 Å². The van der Waals surface area contributed by atoms with Gasteiger partial charge < -0.3 is 5.73 Å². The maximum absolute atomic E-state index is 6.21. The van der Waals surface area contributed by atoms with Gasteiger partial charge in [-0.2, -0.15) is 5.10 Å². The van der Waals surface area contributed by atoms with Crippen LogP contribution in [0.3, 0.4) is 0 Å². The molecule has 2 atom stereocenters. The average Bonchev–Trinajstić information content (AvgIpc) is 2.84. The SMILES string of the molecule is CCc1nc(CC)n(C(c2ccc(Br)cc2)C(C)N)n1. The standard InChI is InChI=1S/C15H21BrN4/c1-4-13-18-14(5-2)20(19-13)15(10(3)17)11-6-8-12(16)9-7-11/h6-10,15H,4-5,17H2,1-3H3. The molecule has 0 bridgehead atoms. The van der Waals surface area contributed by atoms with E-state index >= 15 is 0 Å². The van der Waals surface area contributed by atoms with Crippen molar-refractivity contribution in [3.8, 4) is 0 Å². The Bertz CT molecular complexity index is 560. The molecule has 0 amide bonds. The predicted octanol–water partition coefficient (Wildman–Crippen LogP) is 3.10. The summed E-state index contributed by atoms with van der Waals surface area (Å²) in [5.41, 5.74) is 7.37. The second-order valence-electron chi connectivity index (χ2n) is 4.95. The minimum atomic E-state index is -0.0344. The van der Waals surface area contributed by atoms with E-state index in [1.165, 1.54) is 0 Å². The molecule has 0 fully saturated rings. The largest absolute Gasteiger partial charge is 0.326 e. The molecule has 1 aromatic heterocycles. The topological polar surface area (TPSA) is 56.7 Å². The number of nitrogens with zero attached hydrogens (tertiary/aromatic N) is 3. The molecule has 108 valence electrons. The van der Waals surface area contributed by atoms with Crippen LogP contribution in [0, 0.1) is 0 Å². The molecule has 0 aliphatic rings. The van der Waals surface area contributed by atoms with Gasteiger partial charge in [0, 0.05) is 23.4 Å². The maximum atomic E-state index is 6.21. The second kappa shape index (κ2) is 6.50. The summed E-state index contributed by atoms with van der Waals surface area (Å²) in [6.45, 7) is 6.18. The third-order valence-electron chi connectivity index (χ3n) is 3.35. The fourth-order valence-corrected chi connectivity index (χ4v) is 2.61. The van der Waals surface area contributed by atoms with Crippen LogP contribution in [0.5, 0.6) is 0 Å². The zero-order chi connectivity index (χ0) is 14.7. The molecule has 0 saturated heterocycles. The van der Waals surface area contributed by atoms with Gasteiger partial charge in [0.1, 0.15) is 5.82 Å². The minimum Gasteiger partial charge on any atom is -0.326 e. The molecule has 0 aliphatic heterocycles. The zero-order valence-electron chi connectivity index (χ0n) is 12.2. The van der Waals surface area contributed by atoms with Crippen LogP contribution in [-0.2, 0) is 12.8 Å². The first-order valence-corrected chi connectivity index (χ1v) is 7.81. The highest BCUT2D eigenvalue weighted by Crippen LogP contribution is 2.24. The summed E-state index contributed by atoms with van der Waals surface area (Å²) in [5.74, 6) is 1.87. The molecule has 20 heavy (non-hydrogen) atoms. The summed E-state index contributed by atoms with van der Waals surface area (Å²) in [7, 11) is 0. The van der Waals surface area contributed by atoms with Gasteiger partial charge in [-0.3, -0.25) is 0 Å². The van der Waals surface area contributed by atoms with Crippen LogP contribution in [0.1, 0.15) is 44.0 Å². The van der Waals surface area contributed by atoms with Gasteiger partial charge in [-0.15, -0.1) is 0 Å². The van der Waals surface area contributed by atoms with Crippen molar-refractivity contribution >= 4 is 15.9 Å². The number of rotatable bonds is 5. The molecule has 2 N–H and O–H groups in total. The first-order chi connectivity index (χ1) is 9.56. The van der Waals surface area contributed by atoms with Crippen LogP contribution in [0.2, 0.25) is 0 Å². The molecule has 2 unspecified atom stereocenters. The average molecular weight is 337 g/mol. The molecule has 5 heteroatoms. The molecule has 0 aliphatic carbocycles. The molecule has 2 rings (SSSR count). The molecule has 2 aromatic rings. The summed E-state index contributed by atoms with van der Waals surface area (Å²) in [5, 5.41) is 4.63. The smallest absolute Gasteiger partial charge is 0.150 e. The van der Waals surface area contributed by atoms with E-state index in [-0.39, 0.29) is 12.1 Å². The molecule has 1 aromatic carbocycles. The first-order valence-electron chi connectivity index (χ1n) is 7.02. The Balaban J connectivity index is 2.48. The lowest BCUT2D eigenvalue weighted by Crippen LogP contribution is -2.32. The van der Waals surface area contributed by atoms with Crippen LogP contribution >= 0.6 is 15.9 Å². The van der Waals surface area contributed by atoms with Gasteiger partial charge in [0.25, 0.3) is 0 Å². The summed E-state index contributed by atoms with van der Waals surface area (Å²) in [6.07, 6.45) is 1.69. The number of hydrogen-bond acceptors (Lipinski definition) is 3. The van der Waals surface area contributed by atoms with Gasteiger partial charge in [-0.05, 0) is 24.6 Å². The van der Waals surface area contributed by atoms with Crippen molar-refractivity contribution < 1.29 is 0 Å². The van der Waals surface area contributed by atoms with E-state index < -0.39 is 0 Å². The number of halogens is 1. The van der Waals surface area contributed by atoms with Gasteiger partial charge in [-0.25, -0.2) is 9.67 Å². The lowest BCUT2D eigenvalue weighted by molar-refractivity contribution is 0.436. The molecule has 0 radical (unpaired) electrons. The van der Waals surface area contributed by atoms with E-state index in [9.17, 15) is 0 Å². The molecular weight excluding hydrogens is 316 g/mol. The van der Waals surface area contributed by atoms with Crippen molar-refractivity contribution in [1.29, 1.82) is 0 Å². The maximum Gasteiger partial charge on any atom is 0.150 e. The van der Waals surface area contributed by atoms with Crippen LogP contribution in [0.4, 0.5) is 0 Å². The highest BCUT2D eigenvalue weighted by atomic mass is 79.9. The molecule has 0 spiro atoms. The number of hydrogen-bond donors (Lipinski definition) is 1. The molecule has 4 nitrogen and oxygen atoms in total. The van der Waals surface area contributed by atoms with Crippen molar-refractivity contribution in [2.75, 3.05) is 0 Å². The van der Waals surface area contributed by atoms with Crippen LogP contribution < -0.4 is 5.73 Å². The van der Waals surface area contributed by atoms with Gasteiger partial charge in [0.15, 0.2) is 5.82 Å². The normalized spacial score (nSPS) is 14.2. The lowest BCUT2D eigenvalue weighted by Gasteiger charge is -2.23. The van der Waals surface area contributed by atoms with Gasteiger partial charge in [-0.1, -0.05) is 41.9 Å². The highest BCUT2D eigenvalue weighted by Gasteiger charge is 2.22. The minimum absolute atomic E-state index is 0.0193. The zero-order valence-corrected chi connectivity index (χ0v) is 13.8. The third kappa shape index (κ3) is 3.10. The van der Waals surface area contributed by atoms with E-state index in [2.05, 4.69) is 52.0 Å². The van der Waals surface area contributed by atoms with Crippen molar-refractivity contribution in [2.24, 2.45) is 5.73 Å². The lowest BCUT2D eigenvalue weighted by atomic mass is 10.0. The van der Waals surface area contributed by atoms with Crippen LogP contribution in [0.15, 0.2) is 28.7 Å². The second-order valence-corrected chi connectivity index (χ2v) is 5.87. The summed E-state index contributed by atoms with van der Waals surface area (Å²) >= 11 is 3.47. The van der Waals surface area contributed by atoms with E-state index in [0.717, 1.165) is 34.5 Å². The van der Waals surface area contributed by atoms with Crippen molar-refractivity contribution in [2.45, 2.75) is 45.7 Å². The van der Waals surface area contributed by atoms with Crippen molar-refractivity contribution in [1.82, 2.24) is 14.8 Å². The Kier molecular flexibility index (Phi) is 4.94. The van der Waals surface area contributed by atoms with E-state index in [1.54, 1.807) is 0 Å². The number of benzene rings is 1. The summed E-state index contributed by atoms with van der Waals surface area (Å²) in [6, 6.07) is 8.23. The van der Waals surface area contributed by atoms with Crippen LogP contribution in [-0.4, -0.2) is 20.8 Å². The fraction of sp³-hybridized carbons (Fsp3) is 0.467. The Morgan fingerprint density at radius 1 is 1.20 bits per heavy atom. The van der Waals surface area contributed by atoms with Gasteiger partial charge >= 0.3 is 0 Å². The Morgan fingerprint density at radius 2 is 1.85 bits per heavy atom. The molecular formula is C15H21BrN4. The monoisotopic (exact) mass is 336 g/mol. The molecule has 1 heterocycles. The highest BCUT2D eigenvalue weighted by molar-refractivity contribution is 9.10.